The molecule has 2 aromatic rings. The van der Waals surface area contributed by atoms with Gasteiger partial charge in [-0.3, -0.25) is 9.78 Å². The lowest BCUT2D eigenvalue weighted by Crippen LogP contribution is -2.39. The van der Waals surface area contributed by atoms with Gasteiger partial charge in [-0.1, -0.05) is 12.1 Å². The zero-order chi connectivity index (χ0) is 20.6. The molecule has 0 atom stereocenters. The Morgan fingerprint density at radius 2 is 1.90 bits per heavy atom. The lowest BCUT2D eigenvalue weighted by Gasteiger charge is -2.25. The summed E-state index contributed by atoms with van der Waals surface area (Å²) in [5.41, 5.74) is 2.21. The van der Waals surface area contributed by atoms with Crippen LogP contribution in [0.15, 0.2) is 48.8 Å². The van der Waals surface area contributed by atoms with Gasteiger partial charge < -0.3 is 20.0 Å². The molecule has 3 rings (SSSR count). The van der Waals surface area contributed by atoms with Crippen molar-refractivity contribution in [2.24, 2.45) is 0 Å². The van der Waals surface area contributed by atoms with Crippen molar-refractivity contribution >= 4 is 17.6 Å². The van der Waals surface area contributed by atoms with Crippen molar-refractivity contribution in [2.45, 2.75) is 19.4 Å². The molecule has 1 saturated heterocycles. The second-order valence-electron chi connectivity index (χ2n) is 7.60. The van der Waals surface area contributed by atoms with E-state index < -0.39 is 0 Å². The van der Waals surface area contributed by atoms with E-state index in [-0.39, 0.29) is 11.9 Å². The number of nitrogens with one attached hydrogen (secondary N) is 1. The molecule has 1 aromatic carbocycles. The lowest BCUT2D eigenvalue weighted by molar-refractivity contribution is 0.0793. The second-order valence-corrected chi connectivity index (χ2v) is 7.60. The molecule has 1 aliphatic heterocycles. The number of rotatable bonds is 7. The third-order valence-corrected chi connectivity index (χ3v) is 4.95. The van der Waals surface area contributed by atoms with E-state index in [1.54, 1.807) is 29.4 Å². The Hall–Kier alpha value is -2.93. The average molecular weight is 396 g/mol. The van der Waals surface area contributed by atoms with Gasteiger partial charge in [0.25, 0.3) is 5.91 Å². The number of hydrogen-bond donors (Lipinski definition) is 1. The Kier molecular flexibility index (Phi) is 7.19. The van der Waals surface area contributed by atoms with Gasteiger partial charge >= 0.3 is 6.03 Å². The Balaban J connectivity index is 1.69. The smallest absolute Gasteiger partial charge is 0.322 e. The molecule has 1 aliphatic rings. The lowest BCUT2D eigenvalue weighted by atomic mass is 10.1. The Morgan fingerprint density at radius 3 is 2.59 bits per heavy atom. The van der Waals surface area contributed by atoms with Crippen molar-refractivity contribution in [1.29, 1.82) is 0 Å². The van der Waals surface area contributed by atoms with Gasteiger partial charge in [0.15, 0.2) is 0 Å². The summed E-state index contributed by atoms with van der Waals surface area (Å²) in [6.45, 7) is 3.42. The molecule has 0 saturated carbocycles. The number of nitrogens with zero attached hydrogens (tertiary/aromatic N) is 4. The average Bonchev–Trinajstić information content (AvgIpc) is 3.26. The van der Waals surface area contributed by atoms with Crippen LogP contribution >= 0.6 is 0 Å². The minimum absolute atomic E-state index is 0.0263. The van der Waals surface area contributed by atoms with Crippen LogP contribution in [-0.2, 0) is 6.54 Å². The molecule has 7 heteroatoms. The number of urea groups is 1. The maximum absolute atomic E-state index is 12.9. The van der Waals surface area contributed by atoms with Gasteiger partial charge in [-0.2, -0.15) is 0 Å². The fourth-order valence-electron chi connectivity index (χ4n) is 3.32. The van der Waals surface area contributed by atoms with Crippen molar-refractivity contribution in [3.8, 4) is 0 Å². The van der Waals surface area contributed by atoms with E-state index in [9.17, 15) is 9.59 Å². The van der Waals surface area contributed by atoms with Crippen LogP contribution in [0.2, 0.25) is 0 Å². The predicted octanol–water partition coefficient (Wildman–Crippen LogP) is 2.91. The zero-order valence-corrected chi connectivity index (χ0v) is 17.2. The molecule has 0 radical (unpaired) electrons. The number of aromatic nitrogens is 1. The zero-order valence-electron chi connectivity index (χ0n) is 17.2. The number of carbonyl (C=O) groups excluding carboxylic acids is 2. The monoisotopic (exact) mass is 395 g/mol. The van der Waals surface area contributed by atoms with Crippen LogP contribution in [-0.4, -0.2) is 71.9 Å². The predicted molar refractivity (Wildman–Crippen MR) is 114 cm³/mol. The van der Waals surface area contributed by atoms with Gasteiger partial charge in [-0.25, -0.2) is 4.79 Å². The molecule has 0 unspecified atom stereocenters. The highest BCUT2D eigenvalue weighted by Crippen LogP contribution is 2.17. The number of pyridine rings is 1. The summed E-state index contributed by atoms with van der Waals surface area (Å²) in [5.74, 6) is 0.0263. The Bertz CT molecular complexity index is 819. The minimum atomic E-state index is -0.193. The molecule has 154 valence electrons. The highest BCUT2D eigenvalue weighted by molar-refractivity contribution is 5.97. The summed E-state index contributed by atoms with van der Waals surface area (Å²) in [4.78, 5) is 35.4. The molecule has 29 heavy (non-hydrogen) atoms. The summed E-state index contributed by atoms with van der Waals surface area (Å²) < 4.78 is 0. The molecule has 2 heterocycles. The summed E-state index contributed by atoms with van der Waals surface area (Å²) in [5, 5.41) is 2.95. The number of benzene rings is 1. The molecule has 7 nitrogen and oxygen atoms in total. The maximum Gasteiger partial charge on any atom is 0.322 e. The van der Waals surface area contributed by atoms with Crippen molar-refractivity contribution < 1.29 is 9.59 Å². The van der Waals surface area contributed by atoms with E-state index in [0.717, 1.165) is 38.0 Å². The van der Waals surface area contributed by atoms with E-state index in [4.69, 9.17) is 0 Å². The SMILES string of the molecule is CN(C)CCN(Cc1cccnc1)C(=O)Nc1cccc(C(=O)N2CCCC2)c1. The fraction of sp³-hybridized carbons (Fsp3) is 0.409. The van der Waals surface area contributed by atoms with Gasteiger partial charge in [0.2, 0.25) is 0 Å². The van der Waals surface area contributed by atoms with Gasteiger partial charge in [0, 0.05) is 56.4 Å². The first-order valence-electron chi connectivity index (χ1n) is 10.0. The van der Waals surface area contributed by atoms with Gasteiger partial charge in [-0.15, -0.1) is 0 Å². The highest BCUT2D eigenvalue weighted by Gasteiger charge is 2.20. The Morgan fingerprint density at radius 1 is 1.10 bits per heavy atom. The van der Waals surface area contributed by atoms with Crippen LogP contribution in [0.5, 0.6) is 0 Å². The van der Waals surface area contributed by atoms with Crippen molar-refractivity contribution in [3.63, 3.8) is 0 Å². The van der Waals surface area contributed by atoms with E-state index in [0.29, 0.717) is 24.3 Å². The van der Waals surface area contributed by atoms with Crippen molar-refractivity contribution in [1.82, 2.24) is 19.7 Å². The topological polar surface area (TPSA) is 68.8 Å². The number of hydrogen-bond acceptors (Lipinski definition) is 4. The van der Waals surface area contributed by atoms with Crippen molar-refractivity contribution in [2.75, 3.05) is 45.6 Å². The number of anilines is 1. The molecule has 0 spiro atoms. The van der Waals surface area contributed by atoms with Crippen LogP contribution in [0.4, 0.5) is 10.5 Å². The Labute approximate surface area is 172 Å². The standard InChI is InChI=1S/C22H29N5O2/c1-25(2)13-14-27(17-18-7-6-10-23-16-18)22(29)24-20-9-5-8-19(15-20)21(28)26-11-3-4-12-26/h5-10,15-16H,3-4,11-14,17H2,1-2H3,(H,24,29). The van der Waals surface area contributed by atoms with Crippen LogP contribution in [0.25, 0.3) is 0 Å². The molecule has 3 amide bonds. The minimum Gasteiger partial charge on any atom is -0.339 e. The van der Waals surface area contributed by atoms with E-state index in [1.807, 2.05) is 48.2 Å². The van der Waals surface area contributed by atoms with Crippen LogP contribution in [0.1, 0.15) is 28.8 Å². The van der Waals surface area contributed by atoms with Crippen molar-refractivity contribution in [3.05, 3.63) is 59.9 Å². The summed E-state index contributed by atoms with van der Waals surface area (Å²) in [6, 6.07) is 10.8. The molecular weight excluding hydrogens is 366 g/mol. The molecular formula is C22H29N5O2. The number of likely N-dealkylation sites (tertiary alicyclic amines) is 1. The summed E-state index contributed by atoms with van der Waals surface area (Å²) in [6.07, 6.45) is 5.59. The van der Waals surface area contributed by atoms with Gasteiger partial charge in [0.1, 0.15) is 0 Å². The number of amides is 3. The first-order valence-corrected chi connectivity index (χ1v) is 10.0. The van der Waals surface area contributed by atoms with Crippen LogP contribution in [0, 0.1) is 0 Å². The molecule has 1 N–H and O–H groups in total. The first-order chi connectivity index (χ1) is 14.0. The first kappa shape index (κ1) is 20.8. The second kappa shape index (κ2) is 10.0. The van der Waals surface area contributed by atoms with E-state index >= 15 is 0 Å². The third-order valence-electron chi connectivity index (χ3n) is 4.95. The normalized spacial score (nSPS) is 13.6. The van der Waals surface area contributed by atoms with Crippen LogP contribution < -0.4 is 5.32 Å². The molecule has 1 aromatic heterocycles. The molecule has 0 bridgehead atoms. The molecule has 0 aliphatic carbocycles. The highest BCUT2D eigenvalue weighted by atomic mass is 16.2. The number of carbonyl (C=O) groups is 2. The summed E-state index contributed by atoms with van der Waals surface area (Å²) >= 11 is 0. The fourth-order valence-corrected chi connectivity index (χ4v) is 3.32. The number of likely N-dealkylation sites (N-methyl/N-ethyl adjacent to an activating group) is 1. The quantitative estimate of drug-likeness (QED) is 0.783. The van der Waals surface area contributed by atoms with Gasteiger partial charge in [0.05, 0.1) is 0 Å². The van der Waals surface area contributed by atoms with E-state index in [1.165, 1.54) is 0 Å². The van der Waals surface area contributed by atoms with Gasteiger partial charge in [-0.05, 0) is 56.8 Å². The third kappa shape index (κ3) is 6.02. The largest absolute Gasteiger partial charge is 0.339 e. The summed E-state index contributed by atoms with van der Waals surface area (Å²) in [7, 11) is 3.96. The van der Waals surface area contributed by atoms with Crippen LogP contribution in [0.3, 0.4) is 0 Å². The molecule has 1 fully saturated rings. The maximum atomic E-state index is 12.9. The van der Waals surface area contributed by atoms with E-state index in [2.05, 4.69) is 10.3 Å².